The minimum Gasteiger partial charge on any atom is -0.322 e. The fraction of sp³-hybridized carbons (Fsp3) is 0.182. The second kappa shape index (κ2) is 8.48. The van der Waals surface area contributed by atoms with Crippen LogP contribution in [0.2, 0.25) is 0 Å². The normalized spacial score (nSPS) is 13.9. The lowest BCUT2D eigenvalue weighted by atomic mass is 9.95. The summed E-state index contributed by atoms with van der Waals surface area (Å²) in [5, 5.41) is 0. The van der Waals surface area contributed by atoms with E-state index < -0.39 is 22.1 Å². The van der Waals surface area contributed by atoms with Gasteiger partial charge in [0.2, 0.25) is 10.0 Å². The summed E-state index contributed by atoms with van der Waals surface area (Å²) >= 11 is 0. The summed E-state index contributed by atoms with van der Waals surface area (Å²) in [6.07, 6.45) is 0. The molecule has 140 valence electrons. The van der Waals surface area contributed by atoms with Gasteiger partial charge in [0.05, 0.1) is 17.8 Å². The minimum absolute atomic E-state index is 0.0789. The zero-order chi connectivity index (χ0) is 19.3. The van der Waals surface area contributed by atoms with E-state index >= 15 is 0 Å². The van der Waals surface area contributed by atoms with Crippen LogP contribution in [0.3, 0.4) is 0 Å². The molecule has 0 saturated carbocycles. The lowest BCUT2D eigenvalue weighted by molar-refractivity contribution is 0.503. The number of hydrogen-bond acceptors (Lipinski definition) is 3. The molecule has 0 amide bonds. The first-order valence-electron chi connectivity index (χ1n) is 8.86. The van der Waals surface area contributed by atoms with Crippen molar-refractivity contribution in [3.05, 3.63) is 107 Å². The van der Waals surface area contributed by atoms with Gasteiger partial charge in [-0.2, -0.15) is 0 Å². The van der Waals surface area contributed by atoms with Crippen LogP contribution in [0.25, 0.3) is 0 Å². The van der Waals surface area contributed by atoms with Gasteiger partial charge in [-0.05, 0) is 29.2 Å². The van der Waals surface area contributed by atoms with Crippen molar-refractivity contribution in [2.24, 2.45) is 5.73 Å². The summed E-state index contributed by atoms with van der Waals surface area (Å²) in [4.78, 5) is 0. The van der Waals surface area contributed by atoms with Crippen LogP contribution in [0.15, 0.2) is 84.9 Å². The van der Waals surface area contributed by atoms with Gasteiger partial charge in [-0.25, -0.2) is 13.1 Å². The number of sulfonamides is 1. The molecule has 0 aliphatic rings. The molecule has 5 heteroatoms. The second-order valence-electron chi connectivity index (χ2n) is 6.63. The van der Waals surface area contributed by atoms with E-state index in [1.165, 1.54) is 0 Å². The Labute approximate surface area is 161 Å². The van der Waals surface area contributed by atoms with E-state index in [9.17, 15) is 8.42 Å². The summed E-state index contributed by atoms with van der Waals surface area (Å²) < 4.78 is 28.6. The van der Waals surface area contributed by atoms with Gasteiger partial charge in [0.15, 0.2) is 0 Å². The Bertz CT molecular complexity index is 973. The number of benzene rings is 3. The molecule has 0 aliphatic carbocycles. The zero-order valence-corrected chi connectivity index (χ0v) is 16.1. The third kappa shape index (κ3) is 5.04. The molecular formula is C22H24N2O2S. The predicted molar refractivity (Wildman–Crippen MR) is 109 cm³/mol. The van der Waals surface area contributed by atoms with Crippen LogP contribution in [-0.4, -0.2) is 8.42 Å². The Balaban J connectivity index is 1.90. The molecule has 0 radical (unpaired) electrons. The summed E-state index contributed by atoms with van der Waals surface area (Å²) in [6, 6.07) is 25.4. The van der Waals surface area contributed by atoms with E-state index in [1.54, 1.807) is 0 Å². The molecule has 3 rings (SSSR count). The van der Waals surface area contributed by atoms with Crippen molar-refractivity contribution in [2.45, 2.75) is 24.8 Å². The Hall–Kier alpha value is -2.47. The molecule has 3 N–H and O–H groups in total. The van der Waals surface area contributed by atoms with E-state index in [0.717, 1.165) is 22.3 Å². The molecule has 0 bridgehead atoms. The van der Waals surface area contributed by atoms with Gasteiger partial charge in [-0.3, -0.25) is 0 Å². The first kappa shape index (κ1) is 19.3. The fourth-order valence-corrected chi connectivity index (χ4v) is 4.57. The number of aryl methyl sites for hydroxylation is 1. The number of nitrogens with two attached hydrogens (primary N) is 1. The third-order valence-electron chi connectivity index (χ3n) is 4.62. The number of rotatable bonds is 7. The van der Waals surface area contributed by atoms with Gasteiger partial charge in [-0.15, -0.1) is 0 Å². The summed E-state index contributed by atoms with van der Waals surface area (Å²) in [5.74, 6) is -0.0789. The van der Waals surface area contributed by atoms with Crippen LogP contribution in [0.1, 0.15) is 34.3 Å². The van der Waals surface area contributed by atoms with Crippen molar-refractivity contribution in [2.75, 3.05) is 0 Å². The highest BCUT2D eigenvalue weighted by Crippen LogP contribution is 2.28. The molecule has 0 spiro atoms. The van der Waals surface area contributed by atoms with Crippen molar-refractivity contribution in [1.29, 1.82) is 0 Å². The van der Waals surface area contributed by atoms with Gasteiger partial charge in [-0.1, -0.05) is 84.9 Å². The fourth-order valence-electron chi connectivity index (χ4n) is 3.09. The molecule has 0 aliphatic heterocycles. The van der Waals surface area contributed by atoms with Crippen molar-refractivity contribution >= 4 is 10.0 Å². The third-order valence-corrected chi connectivity index (χ3v) is 5.92. The maximum Gasteiger partial charge on any atom is 0.216 e. The molecule has 2 atom stereocenters. The standard InChI is InChI=1S/C22H24N2O2S/c1-17-10-8-9-15-20(17)16-27(25,26)24-22(19-13-6-3-7-14-19)21(23)18-11-4-2-5-12-18/h2-15,21-22,24H,16,23H2,1H3. The van der Waals surface area contributed by atoms with Crippen molar-refractivity contribution in [1.82, 2.24) is 4.72 Å². The second-order valence-corrected chi connectivity index (χ2v) is 8.38. The van der Waals surface area contributed by atoms with Crippen LogP contribution >= 0.6 is 0 Å². The average molecular weight is 381 g/mol. The topological polar surface area (TPSA) is 72.2 Å². The van der Waals surface area contributed by atoms with Crippen LogP contribution in [0, 0.1) is 6.92 Å². The van der Waals surface area contributed by atoms with E-state index in [0.29, 0.717) is 0 Å². The smallest absolute Gasteiger partial charge is 0.216 e. The predicted octanol–water partition coefficient (Wildman–Crippen LogP) is 3.86. The molecular weight excluding hydrogens is 356 g/mol. The molecule has 3 aromatic rings. The first-order chi connectivity index (χ1) is 13.0. The van der Waals surface area contributed by atoms with Gasteiger partial charge >= 0.3 is 0 Å². The maximum atomic E-state index is 12.9. The van der Waals surface area contributed by atoms with Gasteiger partial charge in [0, 0.05) is 0 Å². The van der Waals surface area contributed by atoms with E-state index in [-0.39, 0.29) is 5.75 Å². The summed E-state index contributed by atoms with van der Waals surface area (Å²) in [7, 11) is -3.59. The molecule has 0 aromatic heterocycles. The minimum atomic E-state index is -3.59. The highest BCUT2D eigenvalue weighted by molar-refractivity contribution is 7.88. The molecule has 4 nitrogen and oxygen atoms in total. The Morgan fingerprint density at radius 3 is 1.93 bits per heavy atom. The van der Waals surface area contributed by atoms with E-state index in [1.807, 2.05) is 91.9 Å². The molecule has 27 heavy (non-hydrogen) atoms. The summed E-state index contributed by atoms with van der Waals surface area (Å²) in [6.45, 7) is 1.91. The Morgan fingerprint density at radius 1 is 0.815 bits per heavy atom. The Morgan fingerprint density at radius 2 is 1.33 bits per heavy atom. The molecule has 3 aromatic carbocycles. The lowest BCUT2D eigenvalue weighted by Crippen LogP contribution is -2.36. The first-order valence-corrected chi connectivity index (χ1v) is 10.5. The van der Waals surface area contributed by atoms with Crippen LogP contribution in [-0.2, 0) is 15.8 Å². The van der Waals surface area contributed by atoms with Gasteiger partial charge in [0.25, 0.3) is 0 Å². The highest BCUT2D eigenvalue weighted by Gasteiger charge is 2.26. The SMILES string of the molecule is Cc1ccccc1CS(=O)(=O)NC(c1ccccc1)C(N)c1ccccc1. The van der Waals surface area contributed by atoms with E-state index in [2.05, 4.69) is 4.72 Å². The zero-order valence-electron chi connectivity index (χ0n) is 15.2. The summed E-state index contributed by atoms with van der Waals surface area (Å²) in [5.41, 5.74) is 9.92. The largest absolute Gasteiger partial charge is 0.322 e. The van der Waals surface area contributed by atoms with Gasteiger partial charge in [0.1, 0.15) is 0 Å². The van der Waals surface area contributed by atoms with Crippen molar-refractivity contribution in [3.63, 3.8) is 0 Å². The van der Waals surface area contributed by atoms with Crippen LogP contribution in [0.5, 0.6) is 0 Å². The van der Waals surface area contributed by atoms with Gasteiger partial charge < -0.3 is 5.73 Å². The Kier molecular flexibility index (Phi) is 6.06. The monoisotopic (exact) mass is 380 g/mol. The van der Waals surface area contributed by atoms with Crippen molar-refractivity contribution < 1.29 is 8.42 Å². The van der Waals surface area contributed by atoms with E-state index in [4.69, 9.17) is 5.73 Å². The highest BCUT2D eigenvalue weighted by atomic mass is 32.2. The van der Waals surface area contributed by atoms with Crippen LogP contribution in [0.4, 0.5) is 0 Å². The number of hydrogen-bond donors (Lipinski definition) is 2. The molecule has 0 heterocycles. The lowest BCUT2D eigenvalue weighted by Gasteiger charge is -2.26. The van der Waals surface area contributed by atoms with Crippen molar-refractivity contribution in [3.8, 4) is 0 Å². The average Bonchev–Trinajstić information content (AvgIpc) is 2.69. The molecule has 0 fully saturated rings. The maximum absolute atomic E-state index is 12.9. The number of nitrogens with one attached hydrogen (secondary N) is 1. The van der Waals surface area contributed by atoms with Crippen LogP contribution < -0.4 is 10.5 Å². The molecule has 2 unspecified atom stereocenters. The quantitative estimate of drug-likeness (QED) is 0.654. The molecule has 0 saturated heterocycles.